The Morgan fingerprint density at radius 2 is 1.54 bits per heavy atom. The van der Waals surface area contributed by atoms with Crippen molar-refractivity contribution in [2.75, 3.05) is 13.2 Å². The molecule has 3 heterocycles. The molecule has 0 aromatic heterocycles. The van der Waals surface area contributed by atoms with Gasteiger partial charge in [0.2, 0.25) is 0 Å². The highest BCUT2D eigenvalue weighted by atomic mass is 16.7. The van der Waals surface area contributed by atoms with Crippen molar-refractivity contribution in [3.8, 4) is 0 Å². The smallest absolute Gasteiger partial charge is 0.336 e. The molecule has 3 rings (SSSR count). The van der Waals surface area contributed by atoms with Gasteiger partial charge in [0, 0.05) is 12.3 Å². The topological polar surface area (TPSA) is 225 Å². The summed E-state index contributed by atoms with van der Waals surface area (Å²) in [6.45, 7) is 11.6. The number of hydrogen-bond acceptors (Lipinski definition) is 14. The number of ether oxygens (including phenoxy) is 5. The number of hydrogen-bond donors (Lipinski definition) is 8. The number of carbonyl (C=O) groups excluding carboxylic acids is 1. The maximum atomic E-state index is 13.4. The van der Waals surface area contributed by atoms with E-state index < -0.39 is 98.4 Å². The summed E-state index contributed by atoms with van der Waals surface area (Å²) in [6, 6.07) is 0. The zero-order chi connectivity index (χ0) is 38.9. The lowest BCUT2D eigenvalue weighted by atomic mass is 9.88. The first-order valence-corrected chi connectivity index (χ1v) is 18.0. The lowest BCUT2D eigenvalue weighted by Crippen LogP contribution is -2.63. The molecule has 14 heteroatoms. The average Bonchev–Trinajstić information content (AvgIpc) is 3.11. The van der Waals surface area contributed by atoms with E-state index in [1.165, 1.54) is 6.08 Å². The van der Waals surface area contributed by atoms with E-state index >= 15 is 0 Å². The molecule has 296 valence electrons. The van der Waals surface area contributed by atoms with Crippen LogP contribution in [0, 0.1) is 5.92 Å². The number of carbonyl (C=O) groups is 1. The fourth-order valence-electron chi connectivity index (χ4n) is 6.34. The number of esters is 1. The summed E-state index contributed by atoms with van der Waals surface area (Å²) in [4.78, 5) is 13.4. The molecule has 14 nitrogen and oxygen atoms in total. The van der Waals surface area contributed by atoms with Gasteiger partial charge >= 0.3 is 5.97 Å². The van der Waals surface area contributed by atoms with Gasteiger partial charge in [-0.05, 0) is 71.1 Å². The van der Waals surface area contributed by atoms with Crippen LogP contribution in [0.4, 0.5) is 0 Å². The zero-order valence-corrected chi connectivity index (χ0v) is 31.2. The first-order valence-electron chi connectivity index (χ1n) is 18.0. The van der Waals surface area contributed by atoms with Crippen LogP contribution in [0.3, 0.4) is 0 Å². The Hall–Kier alpha value is -2.31. The maximum Gasteiger partial charge on any atom is 0.336 e. The third-order valence-electron chi connectivity index (χ3n) is 9.87. The van der Waals surface area contributed by atoms with Gasteiger partial charge in [0.25, 0.3) is 0 Å². The quantitative estimate of drug-likeness (QED) is 0.130. The van der Waals surface area contributed by atoms with Crippen molar-refractivity contribution in [2.24, 2.45) is 5.92 Å². The van der Waals surface area contributed by atoms with Crippen molar-refractivity contribution in [2.45, 2.75) is 153 Å². The lowest BCUT2D eigenvalue weighted by Gasteiger charge is -2.46. The average molecular weight is 741 g/mol. The van der Waals surface area contributed by atoms with Crippen LogP contribution in [0.2, 0.25) is 0 Å². The lowest BCUT2D eigenvalue weighted by molar-refractivity contribution is -0.331. The fraction of sp³-hybridized carbons (Fsp3) is 0.711. The maximum absolute atomic E-state index is 13.4. The van der Waals surface area contributed by atoms with Gasteiger partial charge in [-0.15, -0.1) is 0 Å². The number of allylic oxidation sites excluding steroid dienone is 4. The third kappa shape index (κ3) is 11.4. The minimum atomic E-state index is -1.65. The van der Waals surface area contributed by atoms with Crippen LogP contribution in [-0.4, -0.2) is 139 Å². The van der Waals surface area contributed by atoms with Crippen LogP contribution in [-0.2, 0) is 28.5 Å². The number of aliphatic hydroxyl groups is 8. The molecule has 3 aliphatic rings. The van der Waals surface area contributed by atoms with Gasteiger partial charge < -0.3 is 64.5 Å². The van der Waals surface area contributed by atoms with Gasteiger partial charge in [-0.3, -0.25) is 0 Å². The molecule has 0 radical (unpaired) electrons. The Balaban J connectivity index is 1.94. The highest BCUT2D eigenvalue weighted by molar-refractivity contribution is 5.89. The molecule has 0 bridgehead atoms. The predicted molar refractivity (Wildman–Crippen MR) is 189 cm³/mol. The van der Waals surface area contributed by atoms with Crippen molar-refractivity contribution >= 4 is 5.97 Å². The van der Waals surface area contributed by atoms with E-state index in [0.717, 1.165) is 11.1 Å². The summed E-state index contributed by atoms with van der Waals surface area (Å²) in [6.07, 6.45) is -3.14. The largest absolute Gasteiger partial charge is 0.459 e. The summed E-state index contributed by atoms with van der Waals surface area (Å²) in [5, 5.41) is 83.1. The monoisotopic (exact) mass is 740 g/mol. The molecule has 52 heavy (non-hydrogen) atoms. The third-order valence-corrected chi connectivity index (χ3v) is 9.87. The van der Waals surface area contributed by atoms with Crippen LogP contribution < -0.4 is 0 Å². The van der Waals surface area contributed by atoms with Crippen molar-refractivity contribution in [3.05, 3.63) is 58.7 Å². The van der Waals surface area contributed by atoms with E-state index in [0.29, 0.717) is 24.8 Å². The van der Waals surface area contributed by atoms with Gasteiger partial charge in [-0.1, -0.05) is 49.8 Å². The van der Waals surface area contributed by atoms with Crippen molar-refractivity contribution < 1.29 is 69.3 Å². The van der Waals surface area contributed by atoms with Crippen molar-refractivity contribution in [3.63, 3.8) is 0 Å². The summed E-state index contributed by atoms with van der Waals surface area (Å²) in [5.74, 6) is -0.989. The Labute approximate surface area is 306 Å². The van der Waals surface area contributed by atoms with Crippen molar-refractivity contribution in [1.82, 2.24) is 0 Å². The van der Waals surface area contributed by atoms with E-state index in [4.69, 9.17) is 23.7 Å². The number of rotatable bonds is 8. The normalized spacial score (nSPS) is 43.2. The minimum Gasteiger partial charge on any atom is -0.459 e. The molecule has 0 aromatic carbocycles. The molecule has 3 aliphatic heterocycles. The Kier molecular flexibility index (Phi) is 16.8. The molecule has 0 aromatic rings. The van der Waals surface area contributed by atoms with Gasteiger partial charge in [-0.2, -0.15) is 0 Å². The highest BCUT2D eigenvalue weighted by Gasteiger charge is 2.50. The molecule has 0 saturated carbocycles. The molecular formula is C38H60O14. The van der Waals surface area contributed by atoms with E-state index in [1.807, 2.05) is 45.9 Å². The molecule has 8 N–H and O–H groups in total. The van der Waals surface area contributed by atoms with Gasteiger partial charge in [-0.25, -0.2) is 4.79 Å². The first kappa shape index (κ1) is 44.1. The molecule has 0 amide bonds. The molecule has 0 spiro atoms. The second-order valence-electron chi connectivity index (χ2n) is 14.4. The van der Waals surface area contributed by atoms with E-state index in [2.05, 4.69) is 0 Å². The van der Waals surface area contributed by atoms with Crippen molar-refractivity contribution in [1.29, 1.82) is 0 Å². The second-order valence-corrected chi connectivity index (χ2v) is 14.4. The second kappa shape index (κ2) is 19.9. The summed E-state index contributed by atoms with van der Waals surface area (Å²) >= 11 is 0. The number of aliphatic hydroxyl groups excluding tert-OH is 8. The van der Waals surface area contributed by atoms with Crippen LogP contribution in [0.15, 0.2) is 58.7 Å². The Morgan fingerprint density at radius 3 is 2.17 bits per heavy atom. The summed E-state index contributed by atoms with van der Waals surface area (Å²) in [7, 11) is 0. The van der Waals surface area contributed by atoms with Crippen LogP contribution in [0.5, 0.6) is 0 Å². The Bertz CT molecular complexity index is 1320. The van der Waals surface area contributed by atoms with Gasteiger partial charge in [0.05, 0.1) is 36.6 Å². The fourth-order valence-corrected chi connectivity index (χ4v) is 6.34. The van der Waals surface area contributed by atoms with E-state index in [1.54, 1.807) is 32.9 Å². The van der Waals surface area contributed by atoms with Crippen LogP contribution in [0.1, 0.15) is 74.1 Å². The Morgan fingerprint density at radius 1 is 0.865 bits per heavy atom. The molecule has 0 aliphatic carbocycles. The minimum absolute atomic E-state index is 0.0601. The van der Waals surface area contributed by atoms with Crippen LogP contribution in [0.25, 0.3) is 0 Å². The predicted octanol–water partition coefficient (Wildman–Crippen LogP) is 1.23. The molecule has 2 saturated heterocycles. The molecule has 2 fully saturated rings. The number of cyclic esters (lactones) is 1. The van der Waals surface area contributed by atoms with Crippen LogP contribution >= 0.6 is 0 Å². The van der Waals surface area contributed by atoms with Gasteiger partial charge in [0.15, 0.2) is 12.6 Å². The van der Waals surface area contributed by atoms with Gasteiger partial charge in [0.1, 0.15) is 48.8 Å². The molecular weight excluding hydrogens is 680 g/mol. The molecule has 13 atom stereocenters. The summed E-state index contributed by atoms with van der Waals surface area (Å²) in [5.41, 5.74) is 1.12. The molecule has 0 unspecified atom stereocenters. The first-order chi connectivity index (χ1) is 24.4. The highest BCUT2D eigenvalue weighted by Crippen LogP contribution is 2.34. The summed E-state index contributed by atoms with van der Waals surface area (Å²) < 4.78 is 29.3. The van der Waals surface area contributed by atoms with E-state index in [-0.39, 0.29) is 17.9 Å². The standard InChI is InChI=1S/C38H60O14/c1-8-23-17-21(4)26(40)13-11-10-12-24(19-48-36-31(44)29(42)28(41)27(18-39)50-36)35(47)49-25(9-2)15-14-20(3)16-22(5)33(23)51-37-32(45)30(43)34(46)38(6,7)52-37/h10-12,14,16-17,23,25-34,36-37,39-46H,8-9,13,15,18-19H2,1-7H3/b11-10+,20-14+,21-17+,22-16+,24-12+/t23-,25+,26-,27+,28+,29-,30+,31-,32-,33-,34-,36+,37+/m0/s1. The van der Waals surface area contributed by atoms with E-state index in [9.17, 15) is 45.6 Å². The SMILES string of the molecule is CC[C@@H]1C/C=C(C)/C=C(\C)[C@H](O[C@@H]2OC(C)(C)[C@@H](O)[C@H](O)[C@@H]2O)[C@@H](CC)/C=C(\C)[C@@H](O)C/C=C/C=C(\CO[C@@H]2O[C@H](CO)[C@@H](O)[C@H](O)[C@@H]2O)C(=O)O1. The zero-order valence-electron chi connectivity index (χ0n) is 31.2.